The van der Waals surface area contributed by atoms with E-state index in [-0.39, 0.29) is 5.91 Å². The summed E-state index contributed by atoms with van der Waals surface area (Å²) in [6.07, 6.45) is 0. The van der Waals surface area contributed by atoms with E-state index < -0.39 is 0 Å². The minimum absolute atomic E-state index is 0.136. The van der Waals surface area contributed by atoms with Crippen LogP contribution < -0.4 is 11.1 Å². The van der Waals surface area contributed by atoms with Crippen LogP contribution in [0.4, 0.5) is 5.69 Å². The van der Waals surface area contributed by atoms with E-state index in [1.807, 2.05) is 32.5 Å². The Morgan fingerprint density at radius 2 is 2.05 bits per heavy atom. The molecular formula is C15H19BrN4O. The topological polar surface area (TPSA) is 72.9 Å². The van der Waals surface area contributed by atoms with Crippen LogP contribution in [0.3, 0.4) is 0 Å². The molecule has 0 fully saturated rings. The number of hydrogen-bond donors (Lipinski definition) is 2. The molecular weight excluding hydrogens is 332 g/mol. The summed E-state index contributed by atoms with van der Waals surface area (Å²) in [5, 5.41) is 7.28. The molecule has 0 spiro atoms. The number of aryl methyl sites for hydroxylation is 2. The first-order valence-electron chi connectivity index (χ1n) is 6.64. The van der Waals surface area contributed by atoms with E-state index in [4.69, 9.17) is 5.73 Å². The van der Waals surface area contributed by atoms with E-state index in [9.17, 15) is 4.79 Å². The molecule has 112 valence electrons. The van der Waals surface area contributed by atoms with Crippen LogP contribution in [0.2, 0.25) is 0 Å². The fourth-order valence-electron chi connectivity index (χ4n) is 2.27. The summed E-state index contributed by atoms with van der Waals surface area (Å²) in [6, 6.07) is 3.57. The molecule has 5 nitrogen and oxygen atoms in total. The average Bonchev–Trinajstić information content (AvgIpc) is 2.65. The third-order valence-electron chi connectivity index (χ3n) is 3.74. The molecule has 21 heavy (non-hydrogen) atoms. The SMILES string of the molecule is Cc1nn(C)c(C)c1CNC(=O)c1cc(Br)cc(N)c1C. The molecule has 1 aromatic carbocycles. The van der Waals surface area contributed by atoms with Crippen molar-refractivity contribution in [2.24, 2.45) is 7.05 Å². The smallest absolute Gasteiger partial charge is 0.251 e. The van der Waals surface area contributed by atoms with Gasteiger partial charge in [0.2, 0.25) is 0 Å². The first-order chi connectivity index (χ1) is 9.81. The van der Waals surface area contributed by atoms with Crippen LogP contribution in [0.5, 0.6) is 0 Å². The maximum absolute atomic E-state index is 12.4. The van der Waals surface area contributed by atoms with Gasteiger partial charge in [0.05, 0.1) is 5.69 Å². The van der Waals surface area contributed by atoms with Crippen molar-refractivity contribution in [3.63, 3.8) is 0 Å². The lowest BCUT2D eigenvalue weighted by atomic mass is 10.1. The van der Waals surface area contributed by atoms with Gasteiger partial charge in [0.1, 0.15) is 0 Å². The van der Waals surface area contributed by atoms with E-state index >= 15 is 0 Å². The quantitative estimate of drug-likeness (QED) is 0.835. The standard InChI is InChI=1S/C15H19BrN4O/c1-8-12(5-11(16)6-14(8)17)15(21)18-7-13-9(2)19-20(4)10(13)3/h5-6H,7,17H2,1-4H3,(H,18,21). The summed E-state index contributed by atoms with van der Waals surface area (Å²) in [5.74, 6) is -0.136. The summed E-state index contributed by atoms with van der Waals surface area (Å²) in [4.78, 5) is 12.4. The van der Waals surface area contributed by atoms with Crippen molar-refractivity contribution in [2.45, 2.75) is 27.3 Å². The third kappa shape index (κ3) is 3.10. The number of halogens is 1. The van der Waals surface area contributed by atoms with E-state index in [2.05, 4.69) is 26.3 Å². The largest absolute Gasteiger partial charge is 0.398 e. The third-order valence-corrected chi connectivity index (χ3v) is 4.20. The van der Waals surface area contributed by atoms with Gasteiger partial charge in [-0.2, -0.15) is 5.10 Å². The van der Waals surface area contributed by atoms with E-state index in [1.165, 1.54) is 0 Å². The summed E-state index contributed by atoms with van der Waals surface area (Å²) < 4.78 is 2.61. The average molecular weight is 351 g/mol. The maximum atomic E-state index is 12.4. The lowest BCUT2D eigenvalue weighted by molar-refractivity contribution is 0.0950. The Balaban J connectivity index is 2.19. The molecule has 1 aromatic heterocycles. The highest BCUT2D eigenvalue weighted by atomic mass is 79.9. The first-order valence-corrected chi connectivity index (χ1v) is 7.43. The van der Waals surface area contributed by atoms with Crippen LogP contribution in [0.15, 0.2) is 16.6 Å². The highest BCUT2D eigenvalue weighted by Crippen LogP contribution is 2.23. The van der Waals surface area contributed by atoms with E-state index in [0.717, 1.165) is 27.0 Å². The van der Waals surface area contributed by atoms with Gasteiger partial charge in [-0.25, -0.2) is 0 Å². The Hall–Kier alpha value is -1.82. The zero-order valence-electron chi connectivity index (χ0n) is 12.6. The van der Waals surface area contributed by atoms with Gasteiger partial charge >= 0.3 is 0 Å². The lowest BCUT2D eigenvalue weighted by Gasteiger charge is -2.10. The number of rotatable bonds is 3. The Bertz CT molecular complexity index is 706. The molecule has 0 aliphatic carbocycles. The zero-order chi connectivity index (χ0) is 15.7. The van der Waals surface area contributed by atoms with Crippen molar-refractivity contribution in [1.29, 1.82) is 0 Å². The van der Waals surface area contributed by atoms with Crippen molar-refractivity contribution in [1.82, 2.24) is 15.1 Å². The van der Waals surface area contributed by atoms with Crippen LogP contribution in [0.25, 0.3) is 0 Å². The summed E-state index contributed by atoms with van der Waals surface area (Å²) in [7, 11) is 1.90. The molecule has 3 N–H and O–H groups in total. The number of benzene rings is 1. The molecule has 0 atom stereocenters. The molecule has 2 aromatic rings. The molecule has 0 bridgehead atoms. The number of amides is 1. The number of carbonyl (C=O) groups excluding carboxylic acids is 1. The Morgan fingerprint density at radius 1 is 1.38 bits per heavy atom. The number of nitrogens with zero attached hydrogens (tertiary/aromatic N) is 2. The second-order valence-corrected chi connectivity index (χ2v) is 6.04. The van der Waals surface area contributed by atoms with E-state index in [1.54, 1.807) is 12.1 Å². The second kappa shape index (κ2) is 5.89. The van der Waals surface area contributed by atoms with Crippen molar-refractivity contribution >= 4 is 27.5 Å². The molecule has 0 radical (unpaired) electrons. The molecule has 1 amide bonds. The number of hydrogen-bond acceptors (Lipinski definition) is 3. The summed E-state index contributed by atoms with van der Waals surface area (Å²) in [5.41, 5.74) is 10.9. The lowest BCUT2D eigenvalue weighted by Crippen LogP contribution is -2.24. The normalized spacial score (nSPS) is 10.7. The number of aromatic nitrogens is 2. The summed E-state index contributed by atoms with van der Waals surface area (Å²) >= 11 is 3.36. The minimum atomic E-state index is -0.136. The molecule has 0 unspecified atom stereocenters. The van der Waals surface area contributed by atoms with Crippen LogP contribution >= 0.6 is 15.9 Å². The molecule has 0 aliphatic rings. The second-order valence-electron chi connectivity index (χ2n) is 5.12. The zero-order valence-corrected chi connectivity index (χ0v) is 14.2. The molecule has 0 saturated heterocycles. The van der Waals surface area contributed by atoms with Gasteiger partial charge < -0.3 is 11.1 Å². The monoisotopic (exact) mass is 350 g/mol. The van der Waals surface area contributed by atoms with Crippen molar-refractivity contribution in [3.8, 4) is 0 Å². The number of nitrogens with one attached hydrogen (secondary N) is 1. The van der Waals surface area contributed by atoms with Crippen LogP contribution in [0.1, 0.15) is 32.9 Å². The van der Waals surface area contributed by atoms with Crippen LogP contribution in [0, 0.1) is 20.8 Å². The fraction of sp³-hybridized carbons (Fsp3) is 0.333. The molecule has 0 aliphatic heterocycles. The van der Waals surface area contributed by atoms with Crippen molar-refractivity contribution < 1.29 is 4.79 Å². The predicted molar refractivity (Wildman–Crippen MR) is 87.1 cm³/mol. The Morgan fingerprint density at radius 3 is 2.62 bits per heavy atom. The number of carbonyl (C=O) groups is 1. The van der Waals surface area contributed by atoms with Gasteiger partial charge in [0.15, 0.2) is 0 Å². The van der Waals surface area contributed by atoms with E-state index in [0.29, 0.717) is 17.8 Å². The van der Waals surface area contributed by atoms with Gasteiger partial charge in [-0.15, -0.1) is 0 Å². The number of anilines is 1. The van der Waals surface area contributed by atoms with Gasteiger partial charge in [-0.1, -0.05) is 15.9 Å². The first kappa shape index (κ1) is 15.6. The minimum Gasteiger partial charge on any atom is -0.398 e. The van der Waals surface area contributed by atoms with Gasteiger partial charge in [-0.05, 0) is 38.5 Å². The van der Waals surface area contributed by atoms with Crippen molar-refractivity contribution in [2.75, 3.05) is 5.73 Å². The van der Waals surface area contributed by atoms with Gasteiger partial charge in [-0.3, -0.25) is 9.48 Å². The van der Waals surface area contributed by atoms with Crippen LogP contribution in [-0.2, 0) is 13.6 Å². The maximum Gasteiger partial charge on any atom is 0.251 e. The van der Waals surface area contributed by atoms with Crippen molar-refractivity contribution in [3.05, 3.63) is 44.7 Å². The molecule has 0 saturated carbocycles. The highest BCUT2D eigenvalue weighted by Gasteiger charge is 2.14. The Kier molecular flexibility index (Phi) is 4.37. The fourth-order valence-corrected chi connectivity index (χ4v) is 2.75. The number of nitrogen functional groups attached to an aromatic ring is 1. The van der Waals surface area contributed by atoms with Crippen LogP contribution in [-0.4, -0.2) is 15.7 Å². The molecule has 2 rings (SSSR count). The van der Waals surface area contributed by atoms with Gasteiger partial charge in [0.25, 0.3) is 5.91 Å². The van der Waals surface area contributed by atoms with Gasteiger partial charge in [0, 0.05) is 40.6 Å². The molecule has 1 heterocycles. The molecule has 6 heteroatoms. The Labute approximate surface area is 132 Å². The highest BCUT2D eigenvalue weighted by molar-refractivity contribution is 9.10. The predicted octanol–water partition coefficient (Wildman–Crippen LogP) is 2.62. The summed E-state index contributed by atoms with van der Waals surface area (Å²) in [6.45, 7) is 6.23. The number of nitrogens with two attached hydrogens (primary N) is 1.